The minimum absolute atomic E-state index is 0.253. The van der Waals surface area contributed by atoms with Crippen molar-refractivity contribution in [2.45, 2.75) is 6.10 Å². The molecule has 18 heavy (non-hydrogen) atoms. The number of aliphatic hydroxyl groups excluding tert-OH is 1. The lowest BCUT2D eigenvalue weighted by Crippen LogP contribution is -2.06. The topological polar surface area (TPSA) is 20.2 Å². The summed E-state index contributed by atoms with van der Waals surface area (Å²) in [4.78, 5) is 0. The van der Waals surface area contributed by atoms with Gasteiger partial charge in [-0.25, -0.2) is 17.6 Å². The molecule has 2 rings (SSSR count). The Kier molecular flexibility index (Phi) is 3.34. The fraction of sp³-hybridized carbons (Fsp3) is 0.0769. The third kappa shape index (κ3) is 2.36. The van der Waals surface area contributed by atoms with Gasteiger partial charge in [0, 0.05) is 6.07 Å². The molecule has 2 aromatic rings. The van der Waals surface area contributed by atoms with E-state index in [-0.39, 0.29) is 5.56 Å². The van der Waals surface area contributed by atoms with Gasteiger partial charge < -0.3 is 5.11 Å². The quantitative estimate of drug-likeness (QED) is 0.817. The lowest BCUT2D eigenvalue weighted by Gasteiger charge is -2.13. The molecule has 1 nitrogen and oxygen atoms in total. The minimum Gasteiger partial charge on any atom is -0.383 e. The van der Waals surface area contributed by atoms with Crippen LogP contribution >= 0.6 is 0 Å². The Morgan fingerprint density at radius 2 is 1.33 bits per heavy atom. The van der Waals surface area contributed by atoms with Crippen LogP contribution in [0.5, 0.6) is 0 Å². The maximum Gasteiger partial charge on any atom is 0.132 e. The predicted molar refractivity (Wildman–Crippen MR) is 56.8 cm³/mol. The van der Waals surface area contributed by atoms with Crippen molar-refractivity contribution in [1.29, 1.82) is 0 Å². The van der Waals surface area contributed by atoms with Crippen molar-refractivity contribution >= 4 is 0 Å². The second-order valence-corrected chi connectivity index (χ2v) is 3.74. The molecule has 1 unspecified atom stereocenters. The number of benzene rings is 2. The van der Waals surface area contributed by atoms with Gasteiger partial charge in [0.1, 0.15) is 29.4 Å². The summed E-state index contributed by atoms with van der Waals surface area (Å²) in [6, 6.07) is 5.29. The number of rotatable bonds is 2. The normalized spacial score (nSPS) is 12.5. The van der Waals surface area contributed by atoms with Crippen molar-refractivity contribution in [1.82, 2.24) is 0 Å². The van der Waals surface area contributed by atoms with Crippen molar-refractivity contribution in [2.24, 2.45) is 0 Å². The summed E-state index contributed by atoms with van der Waals surface area (Å²) in [5, 5.41) is 9.79. The molecule has 0 radical (unpaired) electrons. The van der Waals surface area contributed by atoms with Crippen LogP contribution in [0.4, 0.5) is 17.6 Å². The van der Waals surface area contributed by atoms with E-state index < -0.39 is 34.9 Å². The molecular formula is C13H8F4O. The van der Waals surface area contributed by atoms with Crippen LogP contribution in [0.3, 0.4) is 0 Å². The van der Waals surface area contributed by atoms with Crippen molar-refractivity contribution < 1.29 is 22.7 Å². The fourth-order valence-corrected chi connectivity index (χ4v) is 1.67. The van der Waals surface area contributed by atoms with Crippen LogP contribution in [0.15, 0.2) is 36.4 Å². The van der Waals surface area contributed by atoms with Crippen LogP contribution in [-0.2, 0) is 0 Å². The summed E-state index contributed by atoms with van der Waals surface area (Å²) in [5.74, 6) is -3.82. The van der Waals surface area contributed by atoms with Gasteiger partial charge in [0.15, 0.2) is 0 Å². The summed E-state index contributed by atoms with van der Waals surface area (Å²) in [5.41, 5.74) is -0.890. The molecule has 0 aliphatic rings. The number of hydrogen-bond acceptors (Lipinski definition) is 1. The zero-order chi connectivity index (χ0) is 13.3. The SMILES string of the molecule is OC(c1cc(F)cc(F)c1)c1c(F)cccc1F. The first-order valence-corrected chi connectivity index (χ1v) is 5.07. The highest BCUT2D eigenvalue weighted by molar-refractivity contribution is 5.32. The Labute approximate surface area is 100 Å². The predicted octanol–water partition coefficient (Wildman–Crippen LogP) is 3.32. The maximum atomic E-state index is 13.4. The summed E-state index contributed by atoms with van der Waals surface area (Å²) >= 11 is 0. The zero-order valence-electron chi connectivity index (χ0n) is 9.00. The molecule has 0 heterocycles. The van der Waals surface area contributed by atoms with Gasteiger partial charge in [-0.05, 0) is 29.8 Å². The van der Waals surface area contributed by atoms with Gasteiger partial charge in [-0.1, -0.05) is 6.07 Å². The van der Waals surface area contributed by atoms with E-state index in [0.29, 0.717) is 6.07 Å². The average molecular weight is 256 g/mol. The van der Waals surface area contributed by atoms with Gasteiger partial charge in [0.25, 0.3) is 0 Å². The maximum absolute atomic E-state index is 13.4. The van der Waals surface area contributed by atoms with E-state index in [1.165, 1.54) is 0 Å². The molecule has 0 amide bonds. The van der Waals surface area contributed by atoms with E-state index in [4.69, 9.17) is 0 Å². The molecule has 0 saturated carbocycles. The average Bonchev–Trinajstić information content (AvgIpc) is 2.27. The summed E-state index contributed by atoms with van der Waals surface area (Å²) < 4.78 is 52.7. The minimum atomic E-state index is -1.77. The fourth-order valence-electron chi connectivity index (χ4n) is 1.67. The summed E-state index contributed by atoms with van der Waals surface area (Å²) in [7, 11) is 0. The van der Waals surface area contributed by atoms with Crippen molar-refractivity contribution in [3.63, 3.8) is 0 Å². The number of aliphatic hydroxyl groups is 1. The molecule has 0 aliphatic heterocycles. The standard InChI is InChI=1S/C13H8F4O/c14-8-4-7(5-9(15)6-8)13(18)12-10(16)2-1-3-11(12)17/h1-6,13,18H. The highest BCUT2D eigenvalue weighted by Gasteiger charge is 2.20. The smallest absolute Gasteiger partial charge is 0.132 e. The van der Waals surface area contributed by atoms with Gasteiger partial charge in [-0.15, -0.1) is 0 Å². The van der Waals surface area contributed by atoms with E-state index in [9.17, 15) is 22.7 Å². The van der Waals surface area contributed by atoms with Crippen LogP contribution < -0.4 is 0 Å². The first-order chi connectivity index (χ1) is 8.49. The molecule has 0 fully saturated rings. The van der Waals surface area contributed by atoms with Crippen LogP contribution in [0.2, 0.25) is 0 Å². The zero-order valence-corrected chi connectivity index (χ0v) is 9.00. The third-order valence-corrected chi connectivity index (χ3v) is 2.47. The molecule has 0 saturated heterocycles. The Bertz CT molecular complexity index is 543. The van der Waals surface area contributed by atoms with Crippen LogP contribution in [0.1, 0.15) is 17.2 Å². The first kappa shape index (κ1) is 12.6. The van der Waals surface area contributed by atoms with Crippen LogP contribution in [0, 0.1) is 23.3 Å². The van der Waals surface area contributed by atoms with E-state index in [1.807, 2.05) is 0 Å². The van der Waals surface area contributed by atoms with Crippen molar-refractivity contribution in [3.05, 3.63) is 70.8 Å². The Balaban J connectivity index is 2.51. The number of halogens is 4. The van der Waals surface area contributed by atoms with E-state index in [2.05, 4.69) is 0 Å². The molecule has 1 atom stereocenters. The van der Waals surface area contributed by atoms with Crippen LogP contribution in [0.25, 0.3) is 0 Å². The molecule has 0 bridgehead atoms. The third-order valence-electron chi connectivity index (χ3n) is 2.47. The van der Waals surface area contributed by atoms with Gasteiger partial charge in [0.2, 0.25) is 0 Å². The van der Waals surface area contributed by atoms with Gasteiger partial charge in [-0.2, -0.15) is 0 Å². The van der Waals surface area contributed by atoms with Gasteiger partial charge >= 0.3 is 0 Å². The summed E-state index contributed by atoms with van der Waals surface area (Å²) in [6.45, 7) is 0. The lowest BCUT2D eigenvalue weighted by molar-refractivity contribution is 0.208. The van der Waals surface area contributed by atoms with Crippen molar-refractivity contribution in [2.75, 3.05) is 0 Å². The van der Waals surface area contributed by atoms with Crippen molar-refractivity contribution in [3.8, 4) is 0 Å². The molecular weight excluding hydrogens is 248 g/mol. The highest BCUT2D eigenvalue weighted by atomic mass is 19.1. The van der Waals surface area contributed by atoms with E-state index in [0.717, 1.165) is 30.3 Å². The Hall–Kier alpha value is -1.88. The highest BCUT2D eigenvalue weighted by Crippen LogP contribution is 2.27. The molecule has 5 heteroatoms. The molecule has 0 aromatic heterocycles. The molecule has 94 valence electrons. The van der Waals surface area contributed by atoms with Gasteiger partial charge in [0.05, 0.1) is 5.56 Å². The first-order valence-electron chi connectivity index (χ1n) is 5.07. The molecule has 0 spiro atoms. The lowest BCUT2D eigenvalue weighted by atomic mass is 10.0. The Morgan fingerprint density at radius 3 is 1.83 bits per heavy atom. The monoisotopic (exact) mass is 256 g/mol. The molecule has 2 aromatic carbocycles. The second kappa shape index (κ2) is 4.78. The number of hydrogen-bond donors (Lipinski definition) is 1. The second-order valence-electron chi connectivity index (χ2n) is 3.74. The summed E-state index contributed by atoms with van der Waals surface area (Å²) in [6.07, 6.45) is -1.77. The van der Waals surface area contributed by atoms with E-state index >= 15 is 0 Å². The van der Waals surface area contributed by atoms with Gasteiger partial charge in [-0.3, -0.25) is 0 Å². The largest absolute Gasteiger partial charge is 0.383 e. The van der Waals surface area contributed by atoms with Crippen LogP contribution in [-0.4, -0.2) is 5.11 Å². The Morgan fingerprint density at radius 1 is 0.833 bits per heavy atom. The molecule has 1 N–H and O–H groups in total. The molecule has 0 aliphatic carbocycles. The van der Waals surface area contributed by atoms with E-state index in [1.54, 1.807) is 0 Å².